The van der Waals surface area contributed by atoms with Crippen LogP contribution >= 0.6 is 0 Å². The molecule has 0 aromatic rings. The predicted molar refractivity (Wildman–Crippen MR) is 72.9 cm³/mol. The van der Waals surface area contributed by atoms with Crippen molar-refractivity contribution < 1.29 is 0 Å². The van der Waals surface area contributed by atoms with Crippen LogP contribution in [-0.2, 0) is 0 Å². The summed E-state index contributed by atoms with van der Waals surface area (Å²) < 4.78 is 0. The summed E-state index contributed by atoms with van der Waals surface area (Å²) in [5.41, 5.74) is 12.5. The summed E-state index contributed by atoms with van der Waals surface area (Å²) in [6, 6.07) is 0. The van der Waals surface area contributed by atoms with Crippen LogP contribution in [-0.4, -0.2) is 24.2 Å². The lowest BCUT2D eigenvalue weighted by molar-refractivity contribution is 0.130. The van der Waals surface area contributed by atoms with Crippen LogP contribution in [0.2, 0.25) is 0 Å². The fourth-order valence-corrected chi connectivity index (χ4v) is 3.78. The molecule has 0 spiro atoms. The SMILES string of the molecule is NCC1(NC2(CN)CCCCC2)CCCCC1. The Labute approximate surface area is 106 Å². The Hall–Kier alpha value is -0.120. The first-order valence-corrected chi connectivity index (χ1v) is 7.44. The molecule has 0 heterocycles. The van der Waals surface area contributed by atoms with Gasteiger partial charge in [0.05, 0.1) is 0 Å². The van der Waals surface area contributed by atoms with Crippen LogP contribution in [0.3, 0.4) is 0 Å². The smallest absolute Gasteiger partial charge is 0.0309 e. The molecule has 2 rings (SSSR count). The lowest BCUT2D eigenvalue weighted by Crippen LogP contribution is -2.65. The van der Waals surface area contributed by atoms with E-state index in [1.165, 1.54) is 64.2 Å². The maximum absolute atomic E-state index is 6.07. The molecule has 5 N–H and O–H groups in total. The largest absolute Gasteiger partial charge is 0.329 e. The van der Waals surface area contributed by atoms with E-state index in [1.807, 2.05) is 0 Å². The van der Waals surface area contributed by atoms with Crippen LogP contribution in [0.1, 0.15) is 64.2 Å². The number of nitrogens with two attached hydrogens (primary N) is 2. The molecule has 0 aliphatic heterocycles. The van der Waals surface area contributed by atoms with Gasteiger partial charge in [0.1, 0.15) is 0 Å². The van der Waals surface area contributed by atoms with Crippen LogP contribution in [0.15, 0.2) is 0 Å². The summed E-state index contributed by atoms with van der Waals surface area (Å²) >= 11 is 0. The monoisotopic (exact) mass is 239 g/mol. The molecule has 0 amide bonds. The Morgan fingerprint density at radius 3 is 1.29 bits per heavy atom. The summed E-state index contributed by atoms with van der Waals surface area (Å²) in [7, 11) is 0. The lowest BCUT2D eigenvalue weighted by atomic mass is 9.75. The molecule has 3 heteroatoms. The lowest BCUT2D eigenvalue weighted by Gasteiger charge is -2.48. The van der Waals surface area contributed by atoms with Gasteiger partial charge in [-0.2, -0.15) is 0 Å². The van der Waals surface area contributed by atoms with E-state index in [2.05, 4.69) is 5.32 Å². The van der Waals surface area contributed by atoms with Gasteiger partial charge in [0, 0.05) is 24.2 Å². The second-order valence-electron chi connectivity index (χ2n) is 6.22. The Bertz CT molecular complexity index is 204. The van der Waals surface area contributed by atoms with Gasteiger partial charge in [-0.15, -0.1) is 0 Å². The van der Waals surface area contributed by atoms with Gasteiger partial charge < -0.3 is 16.8 Å². The zero-order valence-electron chi connectivity index (χ0n) is 11.1. The molecule has 0 aromatic carbocycles. The van der Waals surface area contributed by atoms with Crippen molar-refractivity contribution in [1.82, 2.24) is 5.32 Å². The third-order valence-electron chi connectivity index (χ3n) is 4.93. The van der Waals surface area contributed by atoms with Crippen molar-refractivity contribution in [2.75, 3.05) is 13.1 Å². The maximum Gasteiger partial charge on any atom is 0.0309 e. The van der Waals surface area contributed by atoms with E-state index in [0.29, 0.717) is 0 Å². The standard InChI is InChI=1S/C14H29N3/c15-11-13(7-3-1-4-8-13)17-14(12-16)9-5-2-6-10-14/h17H,1-12,15-16H2. The van der Waals surface area contributed by atoms with Crippen LogP contribution in [0, 0.1) is 0 Å². The average molecular weight is 239 g/mol. The Morgan fingerprint density at radius 1 is 0.647 bits per heavy atom. The molecule has 0 saturated heterocycles. The van der Waals surface area contributed by atoms with Gasteiger partial charge >= 0.3 is 0 Å². The molecule has 0 unspecified atom stereocenters. The molecule has 0 bridgehead atoms. The van der Waals surface area contributed by atoms with Crippen LogP contribution < -0.4 is 16.8 Å². The van der Waals surface area contributed by atoms with Crippen molar-refractivity contribution in [2.45, 2.75) is 75.3 Å². The minimum Gasteiger partial charge on any atom is -0.329 e. The quantitative estimate of drug-likeness (QED) is 0.702. The molecule has 100 valence electrons. The molecular weight excluding hydrogens is 210 g/mol. The Kier molecular flexibility index (Phi) is 4.45. The molecule has 17 heavy (non-hydrogen) atoms. The third kappa shape index (κ3) is 3.01. The maximum atomic E-state index is 6.07. The highest BCUT2D eigenvalue weighted by Crippen LogP contribution is 2.34. The topological polar surface area (TPSA) is 64.1 Å². The highest BCUT2D eigenvalue weighted by atomic mass is 15.1. The van der Waals surface area contributed by atoms with Gasteiger partial charge in [-0.1, -0.05) is 38.5 Å². The van der Waals surface area contributed by atoms with Crippen LogP contribution in [0.25, 0.3) is 0 Å². The van der Waals surface area contributed by atoms with E-state index in [4.69, 9.17) is 11.5 Å². The Balaban J connectivity index is 2.04. The van der Waals surface area contributed by atoms with Crippen LogP contribution in [0.5, 0.6) is 0 Å². The van der Waals surface area contributed by atoms with E-state index in [9.17, 15) is 0 Å². The minimum atomic E-state index is 0.189. The number of hydrogen-bond acceptors (Lipinski definition) is 3. The first-order chi connectivity index (χ1) is 8.24. The van der Waals surface area contributed by atoms with E-state index >= 15 is 0 Å². The van der Waals surface area contributed by atoms with E-state index in [-0.39, 0.29) is 11.1 Å². The number of rotatable bonds is 4. The second kappa shape index (κ2) is 5.68. The van der Waals surface area contributed by atoms with Crippen molar-refractivity contribution in [2.24, 2.45) is 11.5 Å². The van der Waals surface area contributed by atoms with Crippen molar-refractivity contribution in [3.8, 4) is 0 Å². The molecule has 2 fully saturated rings. The summed E-state index contributed by atoms with van der Waals surface area (Å²) in [4.78, 5) is 0. The second-order valence-corrected chi connectivity index (χ2v) is 6.22. The van der Waals surface area contributed by atoms with Crippen molar-refractivity contribution in [3.05, 3.63) is 0 Å². The predicted octanol–water partition coefficient (Wildman–Crippen LogP) is 1.90. The molecule has 2 saturated carbocycles. The van der Waals surface area contributed by atoms with Gasteiger partial charge in [0.2, 0.25) is 0 Å². The fraction of sp³-hybridized carbons (Fsp3) is 1.00. The molecule has 2 aliphatic carbocycles. The first-order valence-electron chi connectivity index (χ1n) is 7.44. The molecule has 0 radical (unpaired) electrons. The molecule has 0 atom stereocenters. The first kappa shape index (κ1) is 13.3. The summed E-state index contributed by atoms with van der Waals surface area (Å²) in [5.74, 6) is 0. The number of hydrogen-bond donors (Lipinski definition) is 3. The highest BCUT2D eigenvalue weighted by Gasteiger charge is 2.40. The summed E-state index contributed by atoms with van der Waals surface area (Å²) in [6.07, 6.45) is 13.0. The normalized spacial score (nSPS) is 27.9. The van der Waals surface area contributed by atoms with Crippen molar-refractivity contribution >= 4 is 0 Å². The van der Waals surface area contributed by atoms with Gasteiger partial charge in [-0.25, -0.2) is 0 Å². The van der Waals surface area contributed by atoms with Crippen molar-refractivity contribution in [3.63, 3.8) is 0 Å². The summed E-state index contributed by atoms with van der Waals surface area (Å²) in [6.45, 7) is 1.55. The molecule has 2 aliphatic rings. The van der Waals surface area contributed by atoms with Crippen molar-refractivity contribution in [1.29, 1.82) is 0 Å². The van der Waals surface area contributed by atoms with E-state index in [0.717, 1.165) is 13.1 Å². The average Bonchev–Trinajstić information content (AvgIpc) is 2.41. The molecule has 0 aromatic heterocycles. The number of nitrogens with one attached hydrogen (secondary N) is 1. The zero-order valence-corrected chi connectivity index (χ0v) is 11.1. The molecular formula is C14H29N3. The third-order valence-corrected chi connectivity index (χ3v) is 4.93. The minimum absolute atomic E-state index is 0.189. The van der Waals surface area contributed by atoms with E-state index in [1.54, 1.807) is 0 Å². The fourth-order valence-electron chi connectivity index (χ4n) is 3.78. The van der Waals surface area contributed by atoms with Gasteiger partial charge in [-0.05, 0) is 25.7 Å². The van der Waals surface area contributed by atoms with Gasteiger partial charge in [-0.3, -0.25) is 0 Å². The zero-order chi connectivity index (χ0) is 12.2. The van der Waals surface area contributed by atoms with Gasteiger partial charge in [0.25, 0.3) is 0 Å². The molecule has 3 nitrogen and oxygen atoms in total. The summed E-state index contributed by atoms with van der Waals surface area (Å²) in [5, 5.41) is 3.93. The van der Waals surface area contributed by atoms with E-state index < -0.39 is 0 Å². The van der Waals surface area contributed by atoms with Gasteiger partial charge in [0.15, 0.2) is 0 Å². The highest BCUT2D eigenvalue weighted by molar-refractivity contribution is 5.02. The van der Waals surface area contributed by atoms with Crippen LogP contribution in [0.4, 0.5) is 0 Å². The Morgan fingerprint density at radius 2 is 1.00 bits per heavy atom.